The van der Waals surface area contributed by atoms with Crippen LogP contribution in [0.3, 0.4) is 0 Å². The fraction of sp³-hybridized carbons (Fsp3) is 0. The standard InChI is InChI=1S/C11H7NO4/c13-7-11-10(4-5-16-11)8-2-1-3-9(6-8)12(14)15/h1-7H. The Labute approximate surface area is 90.5 Å². The molecular weight excluding hydrogens is 210 g/mol. The zero-order valence-corrected chi connectivity index (χ0v) is 8.12. The third kappa shape index (κ3) is 1.70. The first-order valence-electron chi connectivity index (χ1n) is 4.50. The van der Waals surface area contributed by atoms with Gasteiger partial charge in [0.2, 0.25) is 0 Å². The molecule has 0 bridgehead atoms. The highest BCUT2D eigenvalue weighted by atomic mass is 16.6. The van der Waals surface area contributed by atoms with Gasteiger partial charge in [-0.2, -0.15) is 0 Å². The number of hydrogen-bond donors (Lipinski definition) is 0. The lowest BCUT2D eigenvalue weighted by Gasteiger charge is -1.98. The molecule has 80 valence electrons. The summed E-state index contributed by atoms with van der Waals surface area (Å²) in [6.07, 6.45) is 1.95. The summed E-state index contributed by atoms with van der Waals surface area (Å²) in [6, 6.07) is 7.64. The van der Waals surface area contributed by atoms with Crippen LogP contribution >= 0.6 is 0 Å². The first kappa shape index (κ1) is 10.1. The highest BCUT2D eigenvalue weighted by Crippen LogP contribution is 2.26. The number of furan rings is 1. The van der Waals surface area contributed by atoms with Gasteiger partial charge in [0, 0.05) is 17.7 Å². The van der Waals surface area contributed by atoms with E-state index in [1.807, 2.05) is 0 Å². The Morgan fingerprint density at radius 3 is 2.81 bits per heavy atom. The summed E-state index contributed by atoms with van der Waals surface area (Å²) >= 11 is 0. The zero-order valence-electron chi connectivity index (χ0n) is 8.12. The maximum absolute atomic E-state index is 10.7. The van der Waals surface area contributed by atoms with E-state index in [1.54, 1.807) is 18.2 Å². The maximum atomic E-state index is 10.7. The summed E-state index contributed by atoms with van der Waals surface area (Å²) in [5.41, 5.74) is 1.12. The Kier molecular flexibility index (Phi) is 2.51. The van der Waals surface area contributed by atoms with E-state index in [0.717, 1.165) is 0 Å². The topological polar surface area (TPSA) is 73.3 Å². The van der Waals surface area contributed by atoms with Crippen molar-refractivity contribution in [1.82, 2.24) is 0 Å². The van der Waals surface area contributed by atoms with Gasteiger partial charge in [-0.3, -0.25) is 14.9 Å². The smallest absolute Gasteiger partial charge is 0.270 e. The molecule has 0 spiro atoms. The Morgan fingerprint density at radius 2 is 2.12 bits per heavy atom. The molecule has 1 heterocycles. The molecule has 0 N–H and O–H groups in total. The predicted molar refractivity (Wildman–Crippen MR) is 56.2 cm³/mol. The van der Waals surface area contributed by atoms with Crippen LogP contribution in [0.5, 0.6) is 0 Å². The number of carbonyl (C=O) groups is 1. The van der Waals surface area contributed by atoms with Crippen LogP contribution in [-0.2, 0) is 0 Å². The largest absolute Gasteiger partial charge is 0.461 e. The van der Waals surface area contributed by atoms with Crippen molar-refractivity contribution < 1.29 is 14.1 Å². The van der Waals surface area contributed by atoms with E-state index < -0.39 is 4.92 Å². The minimum absolute atomic E-state index is 0.0180. The second-order valence-corrected chi connectivity index (χ2v) is 3.12. The number of hydrogen-bond acceptors (Lipinski definition) is 4. The Morgan fingerprint density at radius 1 is 1.31 bits per heavy atom. The lowest BCUT2D eigenvalue weighted by molar-refractivity contribution is -0.384. The van der Waals surface area contributed by atoms with Crippen molar-refractivity contribution in [3.8, 4) is 11.1 Å². The van der Waals surface area contributed by atoms with Crippen LogP contribution < -0.4 is 0 Å². The van der Waals surface area contributed by atoms with E-state index in [-0.39, 0.29) is 11.4 Å². The third-order valence-electron chi connectivity index (χ3n) is 2.17. The van der Waals surface area contributed by atoms with E-state index in [4.69, 9.17) is 4.42 Å². The Bertz CT molecular complexity index is 544. The van der Waals surface area contributed by atoms with Crippen LogP contribution in [0.1, 0.15) is 10.6 Å². The number of aldehydes is 1. The van der Waals surface area contributed by atoms with Gasteiger partial charge in [-0.05, 0) is 11.6 Å². The van der Waals surface area contributed by atoms with E-state index in [9.17, 15) is 14.9 Å². The highest BCUT2D eigenvalue weighted by Gasteiger charge is 2.11. The van der Waals surface area contributed by atoms with Crippen molar-refractivity contribution in [3.05, 3.63) is 52.5 Å². The molecule has 2 aromatic rings. The molecule has 0 unspecified atom stereocenters. The van der Waals surface area contributed by atoms with Crippen molar-refractivity contribution >= 4 is 12.0 Å². The van der Waals surface area contributed by atoms with Crippen LogP contribution in [0.4, 0.5) is 5.69 Å². The molecular formula is C11H7NO4. The molecule has 0 amide bonds. The van der Waals surface area contributed by atoms with Crippen LogP contribution in [0.2, 0.25) is 0 Å². The fourth-order valence-corrected chi connectivity index (χ4v) is 1.44. The van der Waals surface area contributed by atoms with Crippen molar-refractivity contribution in [2.75, 3.05) is 0 Å². The monoisotopic (exact) mass is 217 g/mol. The van der Waals surface area contributed by atoms with Crippen LogP contribution in [0, 0.1) is 10.1 Å². The predicted octanol–water partition coefficient (Wildman–Crippen LogP) is 2.67. The molecule has 0 atom stereocenters. The molecule has 0 fully saturated rings. The molecule has 0 saturated carbocycles. The van der Waals surface area contributed by atoms with Crippen molar-refractivity contribution in [1.29, 1.82) is 0 Å². The molecule has 0 aliphatic rings. The lowest BCUT2D eigenvalue weighted by Crippen LogP contribution is -1.88. The quantitative estimate of drug-likeness (QED) is 0.450. The minimum atomic E-state index is -0.482. The average molecular weight is 217 g/mol. The molecule has 0 aliphatic heterocycles. The summed E-state index contributed by atoms with van der Waals surface area (Å²) in [7, 11) is 0. The fourth-order valence-electron chi connectivity index (χ4n) is 1.44. The average Bonchev–Trinajstić information content (AvgIpc) is 2.77. The second-order valence-electron chi connectivity index (χ2n) is 3.12. The molecule has 0 radical (unpaired) electrons. The minimum Gasteiger partial charge on any atom is -0.461 e. The molecule has 16 heavy (non-hydrogen) atoms. The van der Waals surface area contributed by atoms with Gasteiger partial charge in [0.05, 0.1) is 11.2 Å². The summed E-state index contributed by atoms with van der Waals surface area (Å²) in [5.74, 6) is 0.167. The van der Waals surface area contributed by atoms with Gasteiger partial charge in [-0.15, -0.1) is 0 Å². The number of nitro groups is 1. The van der Waals surface area contributed by atoms with Crippen LogP contribution in [0.25, 0.3) is 11.1 Å². The van der Waals surface area contributed by atoms with E-state index in [1.165, 1.54) is 18.4 Å². The van der Waals surface area contributed by atoms with Gasteiger partial charge in [0.15, 0.2) is 12.0 Å². The summed E-state index contributed by atoms with van der Waals surface area (Å²) in [6.45, 7) is 0. The SMILES string of the molecule is O=Cc1occc1-c1cccc([N+](=O)[O-])c1. The molecule has 5 nitrogen and oxygen atoms in total. The van der Waals surface area contributed by atoms with Crippen LogP contribution in [-0.4, -0.2) is 11.2 Å². The molecule has 0 aliphatic carbocycles. The Balaban J connectivity index is 2.52. The highest BCUT2D eigenvalue weighted by molar-refractivity contribution is 5.84. The molecule has 0 saturated heterocycles. The molecule has 5 heteroatoms. The zero-order chi connectivity index (χ0) is 11.5. The van der Waals surface area contributed by atoms with Gasteiger partial charge < -0.3 is 4.42 Å². The summed E-state index contributed by atoms with van der Waals surface area (Å²) in [4.78, 5) is 20.8. The summed E-state index contributed by atoms with van der Waals surface area (Å²) < 4.78 is 4.93. The number of benzene rings is 1. The Hall–Kier alpha value is -2.43. The van der Waals surface area contributed by atoms with Gasteiger partial charge in [-0.1, -0.05) is 12.1 Å². The first-order valence-corrected chi connectivity index (χ1v) is 4.50. The number of nitro benzene ring substituents is 1. The number of rotatable bonds is 3. The normalized spacial score (nSPS) is 10.0. The number of nitrogens with zero attached hydrogens (tertiary/aromatic N) is 1. The second kappa shape index (κ2) is 3.98. The lowest BCUT2D eigenvalue weighted by atomic mass is 10.1. The van der Waals surface area contributed by atoms with Crippen molar-refractivity contribution in [2.45, 2.75) is 0 Å². The first-order chi connectivity index (χ1) is 7.72. The van der Waals surface area contributed by atoms with Gasteiger partial charge in [0.1, 0.15) is 0 Å². The van der Waals surface area contributed by atoms with Gasteiger partial charge in [0.25, 0.3) is 5.69 Å². The third-order valence-corrected chi connectivity index (χ3v) is 2.17. The van der Waals surface area contributed by atoms with E-state index >= 15 is 0 Å². The van der Waals surface area contributed by atoms with Crippen molar-refractivity contribution in [2.24, 2.45) is 0 Å². The summed E-state index contributed by atoms with van der Waals surface area (Å²) in [5, 5.41) is 10.6. The van der Waals surface area contributed by atoms with Gasteiger partial charge in [-0.25, -0.2) is 0 Å². The van der Waals surface area contributed by atoms with E-state index in [2.05, 4.69) is 0 Å². The van der Waals surface area contributed by atoms with E-state index in [0.29, 0.717) is 17.4 Å². The molecule has 1 aromatic carbocycles. The number of non-ortho nitro benzene ring substituents is 1. The maximum Gasteiger partial charge on any atom is 0.270 e. The van der Waals surface area contributed by atoms with Gasteiger partial charge >= 0.3 is 0 Å². The molecule has 2 rings (SSSR count). The van der Waals surface area contributed by atoms with Crippen LogP contribution in [0.15, 0.2) is 41.0 Å². The molecule has 1 aromatic heterocycles. The number of carbonyl (C=O) groups excluding carboxylic acids is 1. The van der Waals surface area contributed by atoms with Crippen molar-refractivity contribution in [3.63, 3.8) is 0 Å².